The predicted octanol–water partition coefficient (Wildman–Crippen LogP) is 2.22. The first kappa shape index (κ1) is 13.9. The van der Waals surface area contributed by atoms with E-state index in [0.29, 0.717) is 19.1 Å². The quantitative estimate of drug-likeness (QED) is 0.781. The number of carbonyl (C=O) groups is 1. The van der Waals surface area contributed by atoms with Crippen LogP contribution in [0.25, 0.3) is 0 Å². The molecule has 1 aliphatic heterocycles. The van der Waals surface area contributed by atoms with Crippen LogP contribution in [0, 0.1) is 0 Å². The molecule has 0 spiro atoms. The maximum absolute atomic E-state index is 11.1. The second-order valence-corrected chi connectivity index (χ2v) is 4.92. The van der Waals surface area contributed by atoms with Crippen LogP contribution in [0.4, 0.5) is 0 Å². The van der Waals surface area contributed by atoms with Crippen molar-refractivity contribution in [3.63, 3.8) is 0 Å². The van der Waals surface area contributed by atoms with E-state index in [9.17, 15) is 4.79 Å². The Kier molecular flexibility index (Phi) is 4.80. The zero-order chi connectivity index (χ0) is 13.7. The van der Waals surface area contributed by atoms with Crippen molar-refractivity contribution in [1.82, 2.24) is 4.90 Å². The topological polar surface area (TPSA) is 38.8 Å². The van der Waals surface area contributed by atoms with Gasteiger partial charge in [0, 0.05) is 24.6 Å². The van der Waals surface area contributed by atoms with E-state index < -0.39 is 0 Å². The Bertz CT molecular complexity index is 433. The molecule has 0 N–H and O–H groups in total. The van der Waals surface area contributed by atoms with Crippen molar-refractivity contribution in [3.05, 3.63) is 29.8 Å². The van der Waals surface area contributed by atoms with Gasteiger partial charge in [-0.25, -0.2) is 0 Å². The summed E-state index contributed by atoms with van der Waals surface area (Å²) in [6.07, 6.45) is 1.29. The highest BCUT2D eigenvalue weighted by Gasteiger charge is 2.20. The van der Waals surface area contributed by atoms with Crippen molar-refractivity contribution in [2.45, 2.75) is 32.4 Å². The molecule has 0 aromatic heterocycles. The highest BCUT2D eigenvalue weighted by molar-refractivity contribution is 5.69. The van der Waals surface area contributed by atoms with E-state index in [1.54, 1.807) is 0 Å². The van der Waals surface area contributed by atoms with Gasteiger partial charge in [0.2, 0.25) is 0 Å². The normalized spacial score (nSPS) is 19.2. The third-order valence-corrected chi connectivity index (χ3v) is 3.50. The summed E-state index contributed by atoms with van der Waals surface area (Å²) in [5, 5.41) is 0. The Balaban J connectivity index is 1.94. The number of esters is 1. The Morgan fingerprint density at radius 1 is 1.47 bits per heavy atom. The molecule has 1 heterocycles. The number of carbonyl (C=O) groups excluding carboxylic acids is 1. The minimum absolute atomic E-state index is 0.140. The summed E-state index contributed by atoms with van der Waals surface area (Å²) < 4.78 is 10.5. The number of hydrogen-bond donors (Lipinski definition) is 0. The Hall–Kier alpha value is -1.55. The molecular weight excluding hydrogens is 242 g/mol. The van der Waals surface area contributed by atoms with E-state index in [1.807, 2.05) is 18.2 Å². The second kappa shape index (κ2) is 6.57. The molecule has 0 radical (unpaired) electrons. The van der Waals surface area contributed by atoms with Gasteiger partial charge in [0.05, 0.1) is 7.11 Å². The highest BCUT2D eigenvalue weighted by Crippen LogP contribution is 2.24. The van der Waals surface area contributed by atoms with Gasteiger partial charge in [0.1, 0.15) is 12.4 Å². The van der Waals surface area contributed by atoms with Crippen molar-refractivity contribution in [3.8, 4) is 5.75 Å². The highest BCUT2D eigenvalue weighted by atomic mass is 16.5. The zero-order valence-electron chi connectivity index (χ0n) is 11.6. The molecule has 4 heteroatoms. The summed E-state index contributed by atoms with van der Waals surface area (Å²) in [5.41, 5.74) is 1.21. The number of para-hydroxylation sites is 1. The van der Waals surface area contributed by atoms with Crippen molar-refractivity contribution in [2.75, 3.05) is 20.3 Å². The molecule has 0 bridgehead atoms. The van der Waals surface area contributed by atoms with Crippen LogP contribution in [0.2, 0.25) is 0 Å². The van der Waals surface area contributed by atoms with Gasteiger partial charge in [-0.1, -0.05) is 18.2 Å². The van der Waals surface area contributed by atoms with Crippen molar-refractivity contribution in [1.29, 1.82) is 0 Å². The van der Waals surface area contributed by atoms with Gasteiger partial charge >= 0.3 is 5.97 Å². The first-order valence-electron chi connectivity index (χ1n) is 6.72. The first-order valence-corrected chi connectivity index (χ1v) is 6.72. The van der Waals surface area contributed by atoms with Gasteiger partial charge in [-0.3, -0.25) is 9.69 Å². The molecule has 1 aliphatic rings. The van der Waals surface area contributed by atoms with E-state index in [-0.39, 0.29) is 5.97 Å². The van der Waals surface area contributed by atoms with Gasteiger partial charge in [-0.2, -0.15) is 0 Å². The van der Waals surface area contributed by atoms with Crippen LogP contribution in [0.1, 0.15) is 25.3 Å². The summed E-state index contributed by atoms with van der Waals surface area (Å²) in [4.78, 5) is 13.5. The molecule has 0 fully saturated rings. The lowest BCUT2D eigenvalue weighted by Gasteiger charge is -2.25. The van der Waals surface area contributed by atoms with Crippen molar-refractivity contribution in [2.24, 2.45) is 0 Å². The largest absolute Gasteiger partial charge is 0.492 e. The fourth-order valence-corrected chi connectivity index (χ4v) is 2.29. The third-order valence-electron chi connectivity index (χ3n) is 3.50. The average Bonchev–Trinajstić information content (AvgIpc) is 2.59. The van der Waals surface area contributed by atoms with E-state index >= 15 is 0 Å². The van der Waals surface area contributed by atoms with Crippen LogP contribution < -0.4 is 4.74 Å². The van der Waals surface area contributed by atoms with Gasteiger partial charge in [-0.05, 0) is 26.0 Å². The lowest BCUT2D eigenvalue weighted by atomic mass is 10.1. The lowest BCUT2D eigenvalue weighted by Crippen LogP contribution is -2.35. The molecule has 0 saturated carbocycles. The Labute approximate surface area is 114 Å². The number of methoxy groups -OCH3 is 1. The fourth-order valence-electron chi connectivity index (χ4n) is 2.29. The van der Waals surface area contributed by atoms with E-state index in [4.69, 9.17) is 4.74 Å². The third kappa shape index (κ3) is 3.70. The summed E-state index contributed by atoms with van der Waals surface area (Å²) in [6, 6.07) is 8.49. The van der Waals surface area contributed by atoms with E-state index in [2.05, 4.69) is 22.6 Å². The molecule has 104 valence electrons. The van der Waals surface area contributed by atoms with Crippen LogP contribution >= 0.6 is 0 Å². The number of benzene rings is 1. The van der Waals surface area contributed by atoms with Gasteiger partial charge < -0.3 is 9.47 Å². The van der Waals surface area contributed by atoms with Gasteiger partial charge in [-0.15, -0.1) is 0 Å². The van der Waals surface area contributed by atoms with Crippen LogP contribution in [0.3, 0.4) is 0 Å². The van der Waals surface area contributed by atoms with Crippen LogP contribution in [0.15, 0.2) is 24.3 Å². The smallest absolute Gasteiger partial charge is 0.305 e. The van der Waals surface area contributed by atoms with Crippen molar-refractivity contribution < 1.29 is 14.3 Å². The maximum atomic E-state index is 11.1. The van der Waals surface area contributed by atoms with Gasteiger partial charge in [0.25, 0.3) is 0 Å². The first-order chi connectivity index (χ1) is 9.20. The number of nitrogens with zero attached hydrogens (tertiary/aromatic N) is 1. The molecule has 1 atom stereocenters. The van der Waals surface area contributed by atoms with Crippen LogP contribution in [-0.2, 0) is 16.1 Å². The monoisotopic (exact) mass is 263 g/mol. The summed E-state index contributed by atoms with van der Waals surface area (Å²) in [7, 11) is 1.43. The van der Waals surface area contributed by atoms with E-state index in [1.165, 1.54) is 12.7 Å². The number of rotatable bonds is 4. The number of ether oxygens (including phenoxy) is 2. The molecule has 19 heavy (non-hydrogen) atoms. The standard InChI is InChI=1S/C15H21NO3/c1-12-11-19-14-7-4-3-6-13(14)10-16(12)9-5-8-15(17)18-2/h3-4,6-7,12H,5,8-11H2,1-2H3. The number of hydrogen-bond acceptors (Lipinski definition) is 4. The summed E-state index contributed by atoms with van der Waals surface area (Å²) in [5.74, 6) is 0.837. The molecule has 1 aromatic rings. The molecule has 0 aliphatic carbocycles. The molecule has 0 amide bonds. The molecule has 0 saturated heterocycles. The van der Waals surface area contributed by atoms with Crippen LogP contribution in [0.5, 0.6) is 5.75 Å². The SMILES string of the molecule is COC(=O)CCCN1Cc2ccccc2OCC1C. The minimum atomic E-state index is -0.140. The molecule has 1 aromatic carbocycles. The molecule has 1 unspecified atom stereocenters. The fraction of sp³-hybridized carbons (Fsp3) is 0.533. The maximum Gasteiger partial charge on any atom is 0.305 e. The second-order valence-electron chi connectivity index (χ2n) is 4.92. The molecule has 2 rings (SSSR count). The van der Waals surface area contributed by atoms with Crippen molar-refractivity contribution >= 4 is 5.97 Å². The summed E-state index contributed by atoms with van der Waals surface area (Å²) >= 11 is 0. The summed E-state index contributed by atoms with van der Waals surface area (Å²) in [6.45, 7) is 4.60. The molecular formula is C15H21NO3. The minimum Gasteiger partial charge on any atom is -0.492 e. The predicted molar refractivity (Wildman–Crippen MR) is 73.1 cm³/mol. The zero-order valence-corrected chi connectivity index (χ0v) is 11.6. The average molecular weight is 263 g/mol. The Morgan fingerprint density at radius 2 is 2.26 bits per heavy atom. The number of fused-ring (bicyclic) bond motifs is 1. The van der Waals surface area contributed by atoms with E-state index in [0.717, 1.165) is 25.3 Å². The molecule has 4 nitrogen and oxygen atoms in total. The Morgan fingerprint density at radius 3 is 3.05 bits per heavy atom. The van der Waals surface area contributed by atoms with Gasteiger partial charge in [0.15, 0.2) is 0 Å². The lowest BCUT2D eigenvalue weighted by molar-refractivity contribution is -0.140. The van der Waals surface area contributed by atoms with Crippen LogP contribution in [-0.4, -0.2) is 37.2 Å².